The molecule has 0 fully saturated rings. The Bertz CT molecular complexity index is 443. The van der Waals surface area contributed by atoms with Crippen LogP contribution in [0.3, 0.4) is 0 Å². The zero-order valence-electron chi connectivity index (χ0n) is 8.86. The highest BCUT2D eigenvalue weighted by atomic mass is 32.2. The number of sulfone groups is 1. The van der Waals surface area contributed by atoms with Gasteiger partial charge in [0.15, 0.2) is 9.84 Å². The first kappa shape index (κ1) is 11.8. The highest BCUT2D eigenvalue weighted by Gasteiger charge is 2.12. The molecule has 0 bridgehead atoms. The number of hydrogen-bond acceptors (Lipinski definition) is 3. The Morgan fingerprint density at radius 1 is 1.33 bits per heavy atom. The molecule has 0 aromatic heterocycles. The molecule has 0 unspecified atom stereocenters. The van der Waals surface area contributed by atoms with Crippen LogP contribution in [0.4, 0.5) is 0 Å². The maximum atomic E-state index is 11.5. The molecule has 0 aliphatic rings. The number of rotatable bonds is 4. The van der Waals surface area contributed by atoms with E-state index in [0.29, 0.717) is 5.75 Å². The summed E-state index contributed by atoms with van der Waals surface area (Å²) in [5, 5.41) is 0. The van der Waals surface area contributed by atoms with Crippen LogP contribution >= 0.6 is 0 Å². The molecule has 0 radical (unpaired) electrons. The predicted octanol–water partition coefficient (Wildman–Crippen LogP) is 2.14. The molecule has 0 saturated carbocycles. The van der Waals surface area contributed by atoms with E-state index >= 15 is 0 Å². The van der Waals surface area contributed by atoms with Gasteiger partial charge >= 0.3 is 0 Å². The van der Waals surface area contributed by atoms with Gasteiger partial charge < -0.3 is 4.74 Å². The van der Waals surface area contributed by atoms with Crippen LogP contribution in [0.15, 0.2) is 35.7 Å². The second kappa shape index (κ2) is 4.49. The number of ether oxygens (including phenoxy) is 1. The lowest BCUT2D eigenvalue weighted by Gasteiger charge is -2.04. The smallest absolute Gasteiger partial charge is 0.177 e. The molecule has 82 valence electrons. The molecule has 0 spiro atoms. The van der Waals surface area contributed by atoms with Gasteiger partial charge in [-0.3, -0.25) is 0 Å². The molecule has 1 aromatic carbocycles. The van der Waals surface area contributed by atoms with Gasteiger partial charge in [0, 0.05) is 4.91 Å². The molecule has 3 nitrogen and oxygen atoms in total. The fraction of sp³-hybridized carbons (Fsp3) is 0.273. The lowest BCUT2D eigenvalue weighted by Crippen LogP contribution is -2.04. The lowest BCUT2D eigenvalue weighted by molar-refractivity contribution is 0.414. The van der Waals surface area contributed by atoms with Gasteiger partial charge in [0.1, 0.15) is 5.75 Å². The second-order valence-corrected chi connectivity index (χ2v) is 5.52. The van der Waals surface area contributed by atoms with Crippen molar-refractivity contribution < 1.29 is 13.2 Å². The third-order valence-electron chi connectivity index (χ3n) is 2.05. The van der Waals surface area contributed by atoms with E-state index in [9.17, 15) is 8.42 Å². The fourth-order valence-corrected chi connectivity index (χ4v) is 1.94. The summed E-state index contributed by atoms with van der Waals surface area (Å²) in [6.45, 7) is 4.94. The number of methoxy groups -OCH3 is 1. The minimum atomic E-state index is -3.21. The Hall–Kier alpha value is -1.29. The van der Waals surface area contributed by atoms with Crippen LogP contribution < -0.4 is 4.74 Å². The average Bonchev–Trinajstić information content (AvgIpc) is 2.18. The van der Waals surface area contributed by atoms with Crippen molar-refractivity contribution in [1.82, 2.24) is 0 Å². The molecule has 1 aromatic rings. The van der Waals surface area contributed by atoms with E-state index in [1.54, 1.807) is 31.4 Å². The number of benzene rings is 1. The largest absolute Gasteiger partial charge is 0.497 e. The lowest BCUT2D eigenvalue weighted by atomic mass is 10.2. The Balaban J connectivity index is 2.87. The zero-order chi connectivity index (χ0) is 11.5. The van der Waals surface area contributed by atoms with Gasteiger partial charge in [-0.05, 0) is 24.6 Å². The Morgan fingerprint density at radius 2 is 1.87 bits per heavy atom. The van der Waals surface area contributed by atoms with Crippen LogP contribution in [0.25, 0.3) is 0 Å². The van der Waals surface area contributed by atoms with Crippen LogP contribution in [0.1, 0.15) is 12.5 Å². The van der Waals surface area contributed by atoms with E-state index in [0.717, 1.165) is 5.56 Å². The molecule has 15 heavy (non-hydrogen) atoms. The van der Waals surface area contributed by atoms with Gasteiger partial charge in [0.05, 0.1) is 12.9 Å². The number of hydrogen-bond donors (Lipinski definition) is 0. The summed E-state index contributed by atoms with van der Waals surface area (Å²) in [7, 11) is -1.64. The summed E-state index contributed by atoms with van der Waals surface area (Å²) in [6, 6.07) is 6.95. The summed E-state index contributed by atoms with van der Waals surface area (Å²) in [4.78, 5) is 0.193. The zero-order valence-corrected chi connectivity index (χ0v) is 9.67. The second-order valence-electron chi connectivity index (χ2n) is 3.31. The van der Waals surface area contributed by atoms with Gasteiger partial charge in [0.25, 0.3) is 0 Å². The van der Waals surface area contributed by atoms with Gasteiger partial charge in [-0.2, -0.15) is 0 Å². The first-order valence-electron chi connectivity index (χ1n) is 4.47. The standard InChI is InChI=1S/C11H14O3S/c1-9(2)15(12,13)8-10-4-6-11(14-3)7-5-10/h4-7H,1,8H2,2-3H3. The summed E-state index contributed by atoms with van der Waals surface area (Å²) in [6.07, 6.45) is 0. The molecular weight excluding hydrogens is 212 g/mol. The molecule has 4 heteroatoms. The van der Waals surface area contributed by atoms with Gasteiger partial charge in [0.2, 0.25) is 0 Å². The Labute approximate surface area is 90.3 Å². The average molecular weight is 226 g/mol. The van der Waals surface area contributed by atoms with Gasteiger partial charge in [-0.25, -0.2) is 8.42 Å². The summed E-state index contributed by atoms with van der Waals surface area (Å²) in [5.74, 6) is 0.707. The molecule has 0 N–H and O–H groups in total. The van der Waals surface area contributed by atoms with E-state index in [2.05, 4.69) is 6.58 Å². The van der Waals surface area contributed by atoms with E-state index in [-0.39, 0.29) is 10.7 Å². The van der Waals surface area contributed by atoms with Crippen molar-refractivity contribution in [2.45, 2.75) is 12.7 Å². The van der Waals surface area contributed by atoms with Crippen LogP contribution in [0.5, 0.6) is 5.75 Å². The minimum absolute atomic E-state index is 0.00761. The molecule has 0 amide bonds. The van der Waals surface area contributed by atoms with E-state index < -0.39 is 9.84 Å². The van der Waals surface area contributed by atoms with Crippen LogP contribution in [0.2, 0.25) is 0 Å². The molecule has 0 atom stereocenters. The van der Waals surface area contributed by atoms with E-state index in [1.807, 2.05) is 0 Å². The predicted molar refractivity (Wildman–Crippen MR) is 60.4 cm³/mol. The van der Waals surface area contributed by atoms with Crippen molar-refractivity contribution in [3.05, 3.63) is 41.3 Å². The topological polar surface area (TPSA) is 43.4 Å². The van der Waals surface area contributed by atoms with Gasteiger partial charge in [-0.15, -0.1) is 0 Å². The summed E-state index contributed by atoms with van der Waals surface area (Å²) in [5.41, 5.74) is 0.735. The molecule has 1 rings (SSSR count). The van der Waals surface area contributed by atoms with Crippen molar-refractivity contribution in [2.24, 2.45) is 0 Å². The monoisotopic (exact) mass is 226 g/mol. The van der Waals surface area contributed by atoms with Crippen molar-refractivity contribution in [2.75, 3.05) is 7.11 Å². The van der Waals surface area contributed by atoms with Crippen molar-refractivity contribution >= 4 is 9.84 Å². The summed E-state index contributed by atoms with van der Waals surface area (Å²) < 4.78 is 28.0. The maximum absolute atomic E-state index is 11.5. The SMILES string of the molecule is C=C(C)S(=O)(=O)Cc1ccc(OC)cc1. The minimum Gasteiger partial charge on any atom is -0.497 e. The molecule has 0 aliphatic heterocycles. The molecular formula is C11H14O3S. The Morgan fingerprint density at radius 3 is 2.27 bits per heavy atom. The third kappa shape index (κ3) is 3.09. The third-order valence-corrected chi connectivity index (χ3v) is 3.82. The van der Waals surface area contributed by atoms with Crippen LogP contribution in [-0.2, 0) is 15.6 Å². The van der Waals surface area contributed by atoms with E-state index in [4.69, 9.17) is 4.74 Å². The first-order valence-corrected chi connectivity index (χ1v) is 6.12. The van der Waals surface area contributed by atoms with E-state index in [1.165, 1.54) is 6.92 Å². The van der Waals surface area contributed by atoms with Crippen molar-refractivity contribution in [3.63, 3.8) is 0 Å². The highest BCUT2D eigenvalue weighted by Crippen LogP contribution is 2.16. The fourth-order valence-electron chi connectivity index (χ4n) is 1.06. The van der Waals surface area contributed by atoms with Gasteiger partial charge in [-0.1, -0.05) is 18.7 Å². The molecule has 0 aliphatic carbocycles. The van der Waals surface area contributed by atoms with Crippen molar-refractivity contribution in [1.29, 1.82) is 0 Å². The molecule has 0 saturated heterocycles. The molecule has 0 heterocycles. The van der Waals surface area contributed by atoms with Crippen molar-refractivity contribution in [3.8, 4) is 5.75 Å². The highest BCUT2D eigenvalue weighted by molar-refractivity contribution is 7.94. The van der Waals surface area contributed by atoms with Crippen LogP contribution in [0, 0.1) is 0 Å². The normalized spacial score (nSPS) is 11.1. The van der Waals surface area contributed by atoms with Crippen LogP contribution in [-0.4, -0.2) is 15.5 Å². The Kier molecular flexibility index (Phi) is 3.52. The summed E-state index contributed by atoms with van der Waals surface area (Å²) >= 11 is 0. The number of allylic oxidation sites excluding steroid dienone is 1. The maximum Gasteiger partial charge on any atom is 0.177 e. The quantitative estimate of drug-likeness (QED) is 0.790. The first-order chi connectivity index (χ1) is 6.95.